The molecule has 21 heavy (non-hydrogen) atoms. The van der Waals surface area contributed by atoms with Crippen LogP contribution in [-0.2, 0) is 13.2 Å². The van der Waals surface area contributed by atoms with Crippen LogP contribution in [0.25, 0.3) is 0 Å². The molecule has 0 saturated carbocycles. The van der Waals surface area contributed by atoms with Gasteiger partial charge in [0.1, 0.15) is 12.4 Å². The lowest BCUT2D eigenvalue weighted by Crippen LogP contribution is -2.26. The molecule has 0 bridgehead atoms. The molecule has 0 spiro atoms. The van der Waals surface area contributed by atoms with Gasteiger partial charge in [-0.05, 0) is 25.0 Å². The molecule has 112 valence electrons. The predicted molar refractivity (Wildman–Crippen MR) is 85.2 cm³/mol. The van der Waals surface area contributed by atoms with Gasteiger partial charge in [-0.15, -0.1) is 0 Å². The number of nitrogens with one attached hydrogen (secondary N) is 1. The molecule has 0 radical (unpaired) electrons. The lowest BCUT2D eigenvalue weighted by Gasteiger charge is -2.15. The van der Waals surface area contributed by atoms with E-state index in [1.54, 1.807) is 0 Å². The number of hydrogen-bond donors (Lipinski definition) is 2. The van der Waals surface area contributed by atoms with E-state index >= 15 is 0 Å². The minimum Gasteiger partial charge on any atom is -0.489 e. The highest BCUT2D eigenvalue weighted by atomic mass is 16.5. The van der Waals surface area contributed by atoms with Crippen molar-refractivity contribution in [2.75, 3.05) is 6.61 Å². The highest BCUT2D eigenvalue weighted by Crippen LogP contribution is 2.19. The van der Waals surface area contributed by atoms with E-state index in [-0.39, 0.29) is 12.6 Å². The summed E-state index contributed by atoms with van der Waals surface area (Å²) in [4.78, 5) is 0. The van der Waals surface area contributed by atoms with E-state index in [9.17, 15) is 0 Å². The number of rotatable bonds is 8. The van der Waals surface area contributed by atoms with Gasteiger partial charge < -0.3 is 15.2 Å². The summed E-state index contributed by atoms with van der Waals surface area (Å²) < 4.78 is 5.93. The van der Waals surface area contributed by atoms with E-state index in [1.165, 1.54) is 0 Å². The third-order valence-corrected chi connectivity index (χ3v) is 3.41. The molecule has 2 aromatic rings. The van der Waals surface area contributed by atoms with Crippen LogP contribution in [0.1, 0.15) is 24.5 Å². The Balaban J connectivity index is 1.93. The highest BCUT2D eigenvalue weighted by molar-refractivity contribution is 5.33. The fraction of sp³-hybridized carbons (Fsp3) is 0.333. The van der Waals surface area contributed by atoms with E-state index in [0.29, 0.717) is 6.61 Å². The second-order valence-corrected chi connectivity index (χ2v) is 5.18. The largest absolute Gasteiger partial charge is 0.489 e. The Morgan fingerprint density at radius 3 is 2.52 bits per heavy atom. The molecular weight excluding hydrogens is 262 g/mol. The van der Waals surface area contributed by atoms with Gasteiger partial charge in [-0.1, -0.05) is 48.5 Å². The van der Waals surface area contributed by atoms with E-state index < -0.39 is 0 Å². The third-order valence-electron chi connectivity index (χ3n) is 3.41. The molecule has 2 rings (SSSR count). The smallest absolute Gasteiger partial charge is 0.124 e. The molecular formula is C18H23NO2. The third kappa shape index (κ3) is 5.21. The van der Waals surface area contributed by atoms with Gasteiger partial charge in [-0.3, -0.25) is 0 Å². The normalized spacial score (nSPS) is 12.1. The van der Waals surface area contributed by atoms with Crippen LogP contribution in [0.2, 0.25) is 0 Å². The summed E-state index contributed by atoms with van der Waals surface area (Å²) >= 11 is 0. The Morgan fingerprint density at radius 2 is 1.76 bits per heavy atom. The lowest BCUT2D eigenvalue weighted by atomic mass is 10.1. The van der Waals surface area contributed by atoms with Crippen LogP contribution >= 0.6 is 0 Å². The summed E-state index contributed by atoms with van der Waals surface area (Å²) in [5.74, 6) is 0.907. The summed E-state index contributed by atoms with van der Waals surface area (Å²) in [5, 5.41) is 12.3. The zero-order chi connectivity index (χ0) is 14.9. The first-order valence-corrected chi connectivity index (χ1v) is 7.38. The molecule has 1 atom stereocenters. The van der Waals surface area contributed by atoms with Crippen LogP contribution in [-0.4, -0.2) is 17.8 Å². The molecule has 0 fully saturated rings. The first-order chi connectivity index (χ1) is 10.3. The zero-order valence-electron chi connectivity index (χ0n) is 12.5. The number of aliphatic hydroxyl groups is 1. The Morgan fingerprint density at radius 1 is 1.05 bits per heavy atom. The van der Waals surface area contributed by atoms with Gasteiger partial charge in [0.15, 0.2) is 0 Å². The first-order valence-electron chi connectivity index (χ1n) is 7.38. The Bertz CT molecular complexity index is 528. The summed E-state index contributed by atoms with van der Waals surface area (Å²) in [6.45, 7) is 3.60. The number of para-hydroxylation sites is 1. The molecule has 0 amide bonds. The predicted octanol–water partition coefficient (Wildman–Crippen LogP) is 3.13. The van der Waals surface area contributed by atoms with Gasteiger partial charge in [0.05, 0.1) is 0 Å². The van der Waals surface area contributed by atoms with Gasteiger partial charge in [-0.25, -0.2) is 0 Å². The van der Waals surface area contributed by atoms with Crippen LogP contribution in [0, 0.1) is 0 Å². The van der Waals surface area contributed by atoms with Crippen molar-refractivity contribution in [1.82, 2.24) is 5.32 Å². The maximum atomic E-state index is 8.93. The van der Waals surface area contributed by atoms with Crippen molar-refractivity contribution in [2.45, 2.75) is 32.5 Å². The minimum absolute atomic E-state index is 0.209. The maximum Gasteiger partial charge on any atom is 0.124 e. The first kappa shape index (κ1) is 15.5. The average Bonchev–Trinajstić information content (AvgIpc) is 2.53. The standard InChI is InChI=1S/C18H23NO2/c1-15(11-12-20)19-13-17-9-5-6-10-18(17)21-14-16-7-3-2-4-8-16/h2-10,15,19-20H,11-14H2,1H3. The summed E-state index contributed by atoms with van der Waals surface area (Å²) in [6, 6.07) is 18.5. The van der Waals surface area contributed by atoms with E-state index in [0.717, 1.165) is 29.8 Å². The molecule has 0 aliphatic heterocycles. The Kier molecular flexibility index (Phi) is 6.25. The fourth-order valence-corrected chi connectivity index (χ4v) is 2.11. The van der Waals surface area contributed by atoms with Crippen molar-refractivity contribution < 1.29 is 9.84 Å². The average molecular weight is 285 g/mol. The van der Waals surface area contributed by atoms with Crippen LogP contribution in [0.4, 0.5) is 0 Å². The molecule has 0 aromatic heterocycles. The van der Waals surface area contributed by atoms with Crippen molar-refractivity contribution in [1.29, 1.82) is 0 Å². The van der Waals surface area contributed by atoms with Crippen molar-refractivity contribution >= 4 is 0 Å². The van der Waals surface area contributed by atoms with Crippen LogP contribution < -0.4 is 10.1 Å². The molecule has 3 heteroatoms. The molecule has 0 heterocycles. The van der Waals surface area contributed by atoms with Gasteiger partial charge in [0, 0.05) is 24.8 Å². The van der Waals surface area contributed by atoms with Crippen molar-refractivity contribution in [3.05, 3.63) is 65.7 Å². The molecule has 0 aliphatic carbocycles. The van der Waals surface area contributed by atoms with Crippen molar-refractivity contribution in [3.8, 4) is 5.75 Å². The zero-order valence-corrected chi connectivity index (χ0v) is 12.5. The summed E-state index contributed by atoms with van der Waals surface area (Å²) in [7, 11) is 0. The summed E-state index contributed by atoms with van der Waals surface area (Å²) in [6.07, 6.45) is 0.757. The SMILES string of the molecule is CC(CCO)NCc1ccccc1OCc1ccccc1. The lowest BCUT2D eigenvalue weighted by molar-refractivity contribution is 0.267. The molecule has 2 N–H and O–H groups in total. The second kappa shape index (κ2) is 8.45. The monoisotopic (exact) mass is 285 g/mol. The number of aliphatic hydroxyl groups excluding tert-OH is 1. The second-order valence-electron chi connectivity index (χ2n) is 5.18. The quantitative estimate of drug-likeness (QED) is 0.783. The fourth-order valence-electron chi connectivity index (χ4n) is 2.11. The number of hydrogen-bond acceptors (Lipinski definition) is 3. The Hall–Kier alpha value is -1.84. The minimum atomic E-state index is 0.209. The van der Waals surface area contributed by atoms with Crippen LogP contribution in [0.5, 0.6) is 5.75 Å². The van der Waals surface area contributed by atoms with E-state index in [1.807, 2.05) is 36.4 Å². The maximum absolute atomic E-state index is 8.93. The number of ether oxygens (including phenoxy) is 1. The van der Waals surface area contributed by atoms with Gasteiger partial charge in [0.2, 0.25) is 0 Å². The van der Waals surface area contributed by atoms with E-state index in [2.05, 4.69) is 30.4 Å². The molecule has 0 saturated heterocycles. The van der Waals surface area contributed by atoms with Crippen LogP contribution in [0.3, 0.4) is 0 Å². The van der Waals surface area contributed by atoms with Gasteiger partial charge in [-0.2, -0.15) is 0 Å². The van der Waals surface area contributed by atoms with Crippen molar-refractivity contribution in [3.63, 3.8) is 0 Å². The molecule has 3 nitrogen and oxygen atoms in total. The van der Waals surface area contributed by atoms with Crippen molar-refractivity contribution in [2.24, 2.45) is 0 Å². The summed E-state index contributed by atoms with van der Waals surface area (Å²) in [5.41, 5.74) is 2.30. The molecule has 2 aromatic carbocycles. The van der Waals surface area contributed by atoms with E-state index in [4.69, 9.17) is 9.84 Å². The Labute approximate surface area is 126 Å². The van der Waals surface area contributed by atoms with Gasteiger partial charge in [0.25, 0.3) is 0 Å². The molecule has 0 aliphatic rings. The molecule has 1 unspecified atom stereocenters. The number of benzene rings is 2. The van der Waals surface area contributed by atoms with Crippen LogP contribution in [0.15, 0.2) is 54.6 Å². The highest BCUT2D eigenvalue weighted by Gasteiger charge is 2.05. The van der Waals surface area contributed by atoms with Gasteiger partial charge >= 0.3 is 0 Å². The topological polar surface area (TPSA) is 41.5 Å².